The molecule has 0 amide bonds. The first kappa shape index (κ1) is 12.8. The average molecular weight is 285 g/mol. The van der Waals surface area contributed by atoms with Crippen LogP contribution < -0.4 is 10.5 Å². The lowest BCUT2D eigenvalue weighted by Crippen LogP contribution is -2.38. The van der Waals surface area contributed by atoms with E-state index in [1.807, 2.05) is 18.2 Å². The lowest BCUT2D eigenvalue weighted by atomic mass is 9.95. The van der Waals surface area contributed by atoms with Crippen molar-refractivity contribution in [3.63, 3.8) is 0 Å². The maximum atomic E-state index is 6.36. The van der Waals surface area contributed by atoms with Crippen LogP contribution in [0.15, 0.2) is 28.8 Å². The first-order chi connectivity index (χ1) is 10.2. The summed E-state index contributed by atoms with van der Waals surface area (Å²) in [5.74, 6) is 2.18. The normalized spacial score (nSPS) is 23.0. The van der Waals surface area contributed by atoms with E-state index in [2.05, 4.69) is 16.2 Å². The first-order valence-corrected chi connectivity index (χ1v) is 7.58. The Kier molecular flexibility index (Phi) is 2.96. The predicted octanol–water partition coefficient (Wildman–Crippen LogP) is 2.56. The van der Waals surface area contributed by atoms with E-state index in [0.29, 0.717) is 18.1 Å². The molecular formula is C16H19N3O2. The van der Waals surface area contributed by atoms with Crippen molar-refractivity contribution in [3.8, 4) is 5.75 Å². The smallest absolute Gasteiger partial charge is 0.228 e. The number of aromatic nitrogens is 2. The molecule has 2 aromatic rings. The molecule has 1 aromatic heterocycles. The van der Waals surface area contributed by atoms with Gasteiger partial charge in [-0.15, -0.1) is 0 Å². The van der Waals surface area contributed by atoms with Crippen LogP contribution in [-0.2, 0) is 12.8 Å². The molecule has 1 saturated carbocycles. The third kappa shape index (κ3) is 2.42. The SMILES string of the molecule is NC1(Cc2nc(C3Cc4ccccc4O3)no2)CCCC1. The molecular weight excluding hydrogens is 266 g/mol. The fraction of sp³-hybridized carbons (Fsp3) is 0.500. The van der Waals surface area contributed by atoms with Crippen LogP contribution in [-0.4, -0.2) is 15.7 Å². The molecule has 1 aromatic carbocycles. The summed E-state index contributed by atoms with van der Waals surface area (Å²) in [6, 6.07) is 8.04. The van der Waals surface area contributed by atoms with Crippen LogP contribution in [0.5, 0.6) is 5.75 Å². The van der Waals surface area contributed by atoms with Crippen LogP contribution in [0.4, 0.5) is 0 Å². The maximum Gasteiger partial charge on any atom is 0.228 e. The standard InChI is InChI=1S/C16H19N3O2/c17-16(7-3-4-8-16)10-14-18-15(19-21-14)13-9-11-5-1-2-6-12(11)20-13/h1-2,5-6,13H,3-4,7-10,17H2. The van der Waals surface area contributed by atoms with Crippen molar-refractivity contribution < 1.29 is 9.26 Å². The van der Waals surface area contributed by atoms with Crippen LogP contribution >= 0.6 is 0 Å². The molecule has 1 unspecified atom stereocenters. The number of nitrogens with zero attached hydrogens (tertiary/aromatic N) is 2. The van der Waals surface area contributed by atoms with E-state index in [4.69, 9.17) is 15.0 Å². The number of hydrogen-bond donors (Lipinski definition) is 1. The summed E-state index contributed by atoms with van der Waals surface area (Å²) >= 11 is 0. The third-order valence-electron chi connectivity index (χ3n) is 4.52. The van der Waals surface area contributed by atoms with E-state index in [-0.39, 0.29) is 11.6 Å². The number of benzene rings is 1. The quantitative estimate of drug-likeness (QED) is 0.938. The molecule has 4 rings (SSSR count). The topological polar surface area (TPSA) is 74.2 Å². The zero-order valence-corrected chi connectivity index (χ0v) is 11.9. The minimum absolute atomic E-state index is 0.141. The number of fused-ring (bicyclic) bond motifs is 1. The van der Waals surface area contributed by atoms with E-state index in [1.165, 1.54) is 18.4 Å². The largest absolute Gasteiger partial charge is 0.482 e. The molecule has 0 spiro atoms. The molecule has 1 atom stereocenters. The fourth-order valence-electron chi connectivity index (χ4n) is 3.35. The Hall–Kier alpha value is -1.88. The second-order valence-corrected chi connectivity index (χ2v) is 6.21. The minimum atomic E-state index is -0.163. The highest BCUT2D eigenvalue weighted by Crippen LogP contribution is 2.35. The molecule has 2 N–H and O–H groups in total. The summed E-state index contributed by atoms with van der Waals surface area (Å²) in [6.07, 6.45) is 5.78. The fourth-order valence-corrected chi connectivity index (χ4v) is 3.35. The molecule has 2 heterocycles. The molecule has 1 fully saturated rings. The summed E-state index contributed by atoms with van der Waals surface area (Å²) < 4.78 is 11.3. The van der Waals surface area contributed by atoms with E-state index >= 15 is 0 Å². The Morgan fingerprint density at radius 1 is 1.24 bits per heavy atom. The van der Waals surface area contributed by atoms with Crippen molar-refractivity contribution in [2.75, 3.05) is 0 Å². The van der Waals surface area contributed by atoms with Crippen LogP contribution in [0, 0.1) is 0 Å². The molecule has 5 nitrogen and oxygen atoms in total. The summed E-state index contributed by atoms with van der Waals surface area (Å²) in [4.78, 5) is 4.50. The van der Waals surface area contributed by atoms with Crippen molar-refractivity contribution in [1.29, 1.82) is 0 Å². The number of nitrogens with two attached hydrogens (primary N) is 1. The van der Waals surface area contributed by atoms with Gasteiger partial charge in [0.2, 0.25) is 11.7 Å². The molecule has 0 bridgehead atoms. The van der Waals surface area contributed by atoms with E-state index in [1.54, 1.807) is 0 Å². The molecule has 1 aliphatic heterocycles. The third-order valence-corrected chi connectivity index (χ3v) is 4.52. The Balaban J connectivity index is 1.48. The lowest BCUT2D eigenvalue weighted by Gasteiger charge is -2.20. The van der Waals surface area contributed by atoms with Crippen LogP contribution in [0.2, 0.25) is 0 Å². The summed E-state index contributed by atoms with van der Waals surface area (Å²) in [5.41, 5.74) is 7.39. The highest BCUT2D eigenvalue weighted by molar-refractivity contribution is 5.37. The van der Waals surface area contributed by atoms with E-state index < -0.39 is 0 Å². The number of ether oxygens (including phenoxy) is 1. The van der Waals surface area contributed by atoms with Gasteiger partial charge in [0.25, 0.3) is 0 Å². The summed E-state index contributed by atoms with van der Waals surface area (Å²) in [6.45, 7) is 0. The van der Waals surface area contributed by atoms with Gasteiger partial charge in [-0.05, 0) is 24.5 Å². The van der Waals surface area contributed by atoms with Crippen LogP contribution in [0.3, 0.4) is 0 Å². The van der Waals surface area contributed by atoms with Gasteiger partial charge in [0, 0.05) is 18.4 Å². The molecule has 1 aliphatic carbocycles. The monoisotopic (exact) mass is 285 g/mol. The number of rotatable bonds is 3. The van der Waals surface area contributed by atoms with E-state index in [9.17, 15) is 0 Å². The highest BCUT2D eigenvalue weighted by Gasteiger charge is 2.33. The maximum absolute atomic E-state index is 6.36. The van der Waals surface area contributed by atoms with E-state index in [0.717, 1.165) is 25.0 Å². The van der Waals surface area contributed by atoms with Crippen molar-refractivity contribution in [1.82, 2.24) is 10.1 Å². The van der Waals surface area contributed by atoms with Crippen LogP contribution in [0.25, 0.3) is 0 Å². The molecule has 5 heteroatoms. The Morgan fingerprint density at radius 2 is 2.05 bits per heavy atom. The van der Waals surface area contributed by atoms with Gasteiger partial charge in [0.05, 0.1) is 0 Å². The summed E-state index contributed by atoms with van der Waals surface area (Å²) in [7, 11) is 0. The average Bonchev–Trinajstić information content (AvgIpc) is 3.17. The van der Waals surface area contributed by atoms with Crippen molar-refractivity contribution in [3.05, 3.63) is 41.5 Å². The first-order valence-electron chi connectivity index (χ1n) is 7.58. The zero-order valence-electron chi connectivity index (χ0n) is 11.9. The summed E-state index contributed by atoms with van der Waals surface area (Å²) in [5, 5.41) is 4.09. The van der Waals surface area contributed by atoms with Gasteiger partial charge in [-0.1, -0.05) is 36.2 Å². The second-order valence-electron chi connectivity index (χ2n) is 6.21. The number of hydrogen-bond acceptors (Lipinski definition) is 5. The predicted molar refractivity (Wildman–Crippen MR) is 76.9 cm³/mol. The molecule has 2 aliphatic rings. The second kappa shape index (κ2) is 4.84. The van der Waals surface area contributed by atoms with Gasteiger partial charge in [-0.2, -0.15) is 4.98 Å². The van der Waals surface area contributed by atoms with Crippen LogP contribution in [0.1, 0.15) is 49.1 Å². The van der Waals surface area contributed by atoms with Gasteiger partial charge >= 0.3 is 0 Å². The van der Waals surface area contributed by atoms with Crippen molar-refractivity contribution in [2.45, 2.75) is 50.2 Å². The Morgan fingerprint density at radius 3 is 2.86 bits per heavy atom. The van der Waals surface area contributed by atoms with Gasteiger partial charge in [0.15, 0.2) is 6.10 Å². The van der Waals surface area contributed by atoms with Gasteiger partial charge in [-0.3, -0.25) is 0 Å². The Labute approximate surface area is 123 Å². The Bertz CT molecular complexity index is 621. The van der Waals surface area contributed by atoms with Gasteiger partial charge in [-0.25, -0.2) is 0 Å². The minimum Gasteiger partial charge on any atom is -0.482 e. The number of para-hydroxylation sites is 1. The highest BCUT2D eigenvalue weighted by atomic mass is 16.5. The van der Waals surface area contributed by atoms with Crippen molar-refractivity contribution in [2.24, 2.45) is 5.73 Å². The van der Waals surface area contributed by atoms with Gasteiger partial charge in [0.1, 0.15) is 5.75 Å². The van der Waals surface area contributed by atoms with Crippen molar-refractivity contribution >= 4 is 0 Å². The lowest BCUT2D eigenvalue weighted by molar-refractivity contribution is 0.220. The zero-order chi connectivity index (χ0) is 14.3. The molecule has 0 radical (unpaired) electrons. The molecule has 0 saturated heterocycles. The van der Waals surface area contributed by atoms with Gasteiger partial charge < -0.3 is 15.0 Å². The molecule has 21 heavy (non-hydrogen) atoms. The molecule has 110 valence electrons.